The van der Waals surface area contributed by atoms with E-state index in [2.05, 4.69) is 20.1 Å². The Labute approximate surface area is 229 Å². The zero-order valence-electron chi connectivity index (χ0n) is 21.7. The van der Waals surface area contributed by atoms with E-state index in [-0.39, 0.29) is 28.9 Å². The van der Waals surface area contributed by atoms with E-state index in [0.717, 1.165) is 5.56 Å². The van der Waals surface area contributed by atoms with Crippen molar-refractivity contribution in [3.63, 3.8) is 0 Å². The van der Waals surface area contributed by atoms with Crippen molar-refractivity contribution in [3.8, 4) is 23.1 Å². The molecule has 1 aromatic carbocycles. The van der Waals surface area contributed by atoms with Crippen molar-refractivity contribution >= 4 is 17.5 Å². The molecule has 2 N–H and O–H groups in total. The third-order valence-corrected chi connectivity index (χ3v) is 7.61. The smallest absolute Gasteiger partial charge is 0.257 e. The van der Waals surface area contributed by atoms with Gasteiger partial charge in [-0.15, -0.1) is 0 Å². The minimum Gasteiger partial charge on any atom is -0.474 e. The van der Waals surface area contributed by atoms with E-state index in [1.165, 1.54) is 16.8 Å². The lowest BCUT2D eigenvalue weighted by Crippen LogP contribution is -2.33. The number of hydrogen-bond donors (Lipinski definition) is 1. The summed E-state index contributed by atoms with van der Waals surface area (Å²) in [6, 6.07) is 9.97. The topological polar surface area (TPSA) is 112 Å². The van der Waals surface area contributed by atoms with E-state index >= 15 is 0 Å². The van der Waals surface area contributed by atoms with E-state index < -0.39 is 11.4 Å². The highest BCUT2D eigenvalue weighted by atomic mass is 35.5. The number of rotatable bonds is 6. The summed E-state index contributed by atoms with van der Waals surface area (Å²) in [5.41, 5.74) is 8.83. The maximum absolute atomic E-state index is 14.2. The summed E-state index contributed by atoms with van der Waals surface area (Å²) in [4.78, 5) is 28.2. The third kappa shape index (κ3) is 4.86. The lowest BCUT2D eigenvalue weighted by Gasteiger charge is -2.22. The van der Waals surface area contributed by atoms with Crippen LogP contribution in [0.1, 0.15) is 35.5 Å². The number of amides is 1. The lowest BCUT2D eigenvalue weighted by atomic mass is 9.95. The van der Waals surface area contributed by atoms with Crippen LogP contribution in [-0.4, -0.2) is 54.7 Å². The zero-order valence-corrected chi connectivity index (χ0v) is 22.4. The average Bonchev–Trinajstić information content (AvgIpc) is 3.22. The van der Waals surface area contributed by atoms with Crippen molar-refractivity contribution in [3.05, 3.63) is 82.6 Å². The second-order valence-electron chi connectivity index (χ2n) is 10.7. The largest absolute Gasteiger partial charge is 0.474 e. The molecule has 0 spiro atoms. The molecule has 2 aliphatic rings. The highest BCUT2D eigenvalue weighted by Gasteiger charge is 2.59. The summed E-state index contributed by atoms with van der Waals surface area (Å²) in [6.45, 7) is 6.75. The van der Waals surface area contributed by atoms with Crippen LogP contribution in [0.2, 0.25) is 5.02 Å². The Morgan fingerprint density at radius 3 is 2.54 bits per heavy atom. The minimum atomic E-state index is -0.656. The molecule has 4 heterocycles. The van der Waals surface area contributed by atoms with Crippen molar-refractivity contribution < 1.29 is 13.9 Å². The van der Waals surface area contributed by atoms with Crippen LogP contribution in [0.25, 0.3) is 17.2 Å². The number of likely N-dealkylation sites (tertiary alicyclic amines) is 1. The molecule has 4 aromatic rings. The van der Waals surface area contributed by atoms with Crippen LogP contribution >= 0.6 is 11.6 Å². The van der Waals surface area contributed by atoms with E-state index in [4.69, 9.17) is 22.1 Å². The van der Waals surface area contributed by atoms with Crippen molar-refractivity contribution in [2.45, 2.75) is 32.4 Å². The van der Waals surface area contributed by atoms with E-state index in [9.17, 15) is 9.18 Å². The van der Waals surface area contributed by atoms with Crippen LogP contribution in [0.4, 0.5) is 4.39 Å². The Morgan fingerprint density at radius 2 is 1.87 bits per heavy atom. The van der Waals surface area contributed by atoms with Crippen LogP contribution < -0.4 is 10.5 Å². The number of nitrogens with two attached hydrogens (primary N) is 1. The fourth-order valence-corrected chi connectivity index (χ4v) is 5.16. The monoisotopic (exact) mass is 547 g/mol. The fraction of sp³-hybridized carbons (Fsp3) is 0.321. The van der Waals surface area contributed by atoms with Gasteiger partial charge in [0, 0.05) is 60.7 Å². The van der Waals surface area contributed by atoms with Crippen molar-refractivity contribution in [1.29, 1.82) is 0 Å². The Hall–Kier alpha value is -3.89. The molecule has 2 fully saturated rings. The number of nitrogens with zero attached hydrogens (tertiary/aromatic N) is 6. The molecular formula is C28H27ClFN7O2. The molecule has 1 saturated carbocycles. The number of pyridine rings is 1. The molecule has 3 atom stereocenters. The standard InChI is InChI=1S/C28H27ClFN7O2/c1-15-18(14-37(35-15)27-32-7-4-8-33-27)26(38)36-12-19-20(13-36)25(19)39-24-11-17(28(2,3)31)10-23(34-24)16-5-6-21(29)22(30)9-16/h4-11,14,19-20,25H,12-13,31H2,1-3H3/t19-,20+,25?. The highest BCUT2D eigenvalue weighted by Crippen LogP contribution is 2.48. The molecule has 9 nitrogen and oxygen atoms in total. The van der Waals surface area contributed by atoms with Gasteiger partial charge in [0.05, 0.1) is 22.0 Å². The first-order valence-corrected chi connectivity index (χ1v) is 13.0. The summed E-state index contributed by atoms with van der Waals surface area (Å²) in [5.74, 6) is 0.651. The van der Waals surface area contributed by atoms with Crippen LogP contribution in [-0.2, 0) is 5.54 Å². The number of hydrogen-bond acceptors (Lipinski definition) is 7. The van der Waals surface area contributed by atoms with Gasteiger partial charge in [-0.05, 0) is 50.6 Å². The number of carbonyl (C=O) groups is 1. The molecule has 1 saturated heterocycles. The number of halogens is 2. The molecule has 39 heavy (non-hydrogen) atoms. The molecule has 1 unspecified atom stereocenters. The Kier molecular flexibility index (Phi) is 6.11. The molecule has 200 valence electrons. The van der Waals surface area contributed by atoms with Gasteiger partial charge in [0.25, 0.3) is 5.91 Å². The predicted molar refractivity (Wildman–Crippen MR) is 143 cm³/mol. The molecule has 6 rings (SSSR count). The van der Waals surface area contributed by atoms with Crippen LogP contribution in [0.15, 0.2) is 55.0 Å². The van der Waals surface area contributed by atoms with Gasteiger partial charge in [0.15, 0.2) is 0 Å². The van der Waals surface area contributed by atoms with Gasteiger partial charge in [-0.2, -0.15) is 5.10 Å². The first kappa shape index (κ1) is 25.4. The molecule has 11 heteroatoms. The van der Waals surface area contributed by atoms with Gasteiger partial charge in [-0.25, -0.2) is 24.0 Å². The number of carbonyl (C=O) groups excluding carboxylic acids is 1. The first-order valence-electron chi connectivity index (χ1n) is 12.6. The van der Waals surface area contributed by atoms with E-state index in [1.54, 1.807) is 37.6 Å². The van der Waals surface area contributed by atoms with Crippen molar-refractivity contribution in [2.24, 2.45) is 17.6 Å². The summed E-state index contributed by atoms with van der Waals surface area (Å²) in [5, 5.41) is 4.46. The van der Waals surface area contributed by atoms with Gasteiger partial charge in [-0.3, -0.25) is 4.79 Å². The van der Waals surface area contributed by atoms with Gasteiger partial charge in [0.1, 0.15) is 11.9 Å². The van der Waals surface area contributed by atoms with E-state index in [1.807, 2.05) is 30.9 Å². The van der Waals surface area contributed by atoms with Crippen LogP contribution in [0, 0.1) is 24.6 Å². The van der Waals surface area contributed by atoms with Crippen LogP contribution in [0.5, 0.6) is 5.88 Å². The van der Waals surface area contributed by atoms with Crippen LogP contribution in [0.3, 0.4) is 0 Å². The van der Waals surface area contributed by atoms with Gasteiger partial charge >= 0.3 is 0 Å². The molecule has 1 aliphatic heterocycles. The van der Waals surface area contributed by atoms with Gasteiger partial charge < -0.3 is 15.4 Å². The molecule has 0 radical (unpaired) electrons. The Morgan fingerprint density at radius 1 is 1.15 bits per heavy atom. The van der Waals surface area contributed by atoms with Gasteiger partial charge in [-0.1, -0.05) is 17.7 Å². The second-order valence-corrected chi connectivity index (χ2v) is 11.1. The molecule has 1 aliphatic carbocycles. The maximum atomic E-state index is 14.2. The zero-order chi connectivity index (χ0) is 27.5. The first-order chi connectivity index (χ1) is 18.6. The summed E-state index contributed by atoms with van der Waals surface area (Å²) in [7, 11) is 0. The van der Waals surface area contributed by atoms with E-state index in [0.29, 0.717) is 47.4 Å². The number of benzene rings is 1. The number of fused-ring (bicyclic) bond motifs is 1. The normalized spacial score (nSPS) is 20.2. The molecule has 0 bridgehead atoms. The quantitative estimate of drug-likeness (QED) is 0.385. The number of aromatic nitrogens is 5. The third-order valence-electron chi connectivity index (χ3n) is 7.31. The molecule has 3 aromatic heterocycles. The van der Waals surface area contributed by atoms with Gasteiger partial charge in [0.2, 0.25) is 11.8 Å². The predicted octanol–water partition coefficient (Wildman–Crippen LogP) is 4.17. The SMILES string of the molecule is Cc1nn(-c2ncccn2)cc1C(=O)N1C[C@@H]2C(Oc3cc(C(C)(C)N)cc(-c4ccc(Cl)c(F)c4)n3)[C@@H]2C1. The minimum absolute atomic E-state index is 0.0476. The second kappa shape index (κ2) is 9.39. The summed E-state index contributed by atoms with van der Waals surface area (Å²) in [6.07, 6.45) is 4.87. The number of piperidine rings is 1. The summed E-state index contributed by atoms with van der Waals surface area (Å²) < 4.78 is 22.0. The maximum Gasteiger partial charge on any atom is 0.257 e. The molecule has 1 amide bonds. The van der Waals surface area contributed by atoms with Crippen molar-refractivity contribution in [1.82, 2.24) is 29.6 Å². The average molecular weight is 548 g/mol. The van der Waals surface area contributed by atoms with Crippen molar-refractivity contribution in [2.75, 3.05) is 13.1 Å². The molecular weight excluding hydrogens is 521 g/mol. The fourth-order valence-electron chi connectivity index (χ4n) is 5.05. The Balaban J connectivity index is 1.17. The summed E-state index contributed by atoms with van der Waals surface area (Å²) >= 11 is 5.87. The Bertz CT molecular complexity index is 1560. The highest BCUT2D eigenvalue weighted by molar-refractivity contribution is 6.30. The number of ether oxygens (including phenoxy) is 1. The lowest BCUT2D eigenvalue weighted by molar-refractivity contribution is 0.0751. The number of aryl methyl sites for hydroxylation is 1.